The molecule has 0 amide bonds. The average molecular weight is 303 g/mol. The molecular weight excluding hydrogens is 282 g/mol. The summed E-state index contributed by atoms with van der Waals surface area (Å²) in [5.74, 6) is 0.824. The van der Waals surface area contributed by atoms with Gasteiger partial charge in [0, 0.05) is 18.8 Å². The second-order valence-corrected chi connectivity index (χ2v) is 6.01. The van der Waals surface area contributed by atoms with Crippen LogP contribution in [0, 0.1) is 4.77 Å². The standard InChI is InChI=1S/C15H21N5S/c1-12(19-9-5-2-6-10-19)11-20-14(17-18-15(20)21)13-7-3-4-8-16-13/h3-4,7-8,12H,2,5-6,9-11H2,1H3,(H,18,21). The molecule has 0 aliphatic carbocycles. The smallest absolute Gasteiger partial charge is 0.195 e. The van der Waals surface area contributed by atoms with Gasteiger partial charge in [-0.3, -0.25) is 19.5 Å². The first-order valence-electron chi connectivity index (χ1n) is 7.56. The minimum Gasteiger partial charge on any atom is -0.299 e. The van der Waals surface area contributed by atoms with E-state index in [-0.39, 0.29) is 0 Å². The number of aromatic nitrogens is 4. The Balaban J connectivity index is 1.82. The molecule has 1 unspecified atom stereocenters. The maximum absolute atomic E-state index is 5.39. The van der Waals surface area contributed by atoms with Crippen LogP contribution in [-0.4, -0.2) is 43.8 Å². The van der Waals surface area contributed by atoms with E-state index in [1.54, 1.807) is 6.20 Å². The van der Waals surface area contributed by atoms with E-state index < -0.39 is 0 Å². The number of rotatable bonds is 4. The lowest BCUT2D eigenvalue weighted by Gasteiger charge is -2.32. The molecule has 0 saturated carbocycles. The highest BCUT2D eigenvalue weighted by molar-refractivity contribution is 7.71. The fraction of sp³-hybridized carbons (Fsp3) is 0.533. The van der Waals surface area contributed by atoms with E-state index in [4.69, 9.17) is 12.2 Å². The van der Waals surface area contributed by atoms with Crippen molar-refractivity contribution < 1.29 is 0 Å². The normalized spacial score (nSPS) is 17.8. The summed E-state index contributed by atoms with van der Waals surface area (Å²) < 4.78 is 2.73. The molecule has 6 heteroatoms. The van der Waals surface area contributed by atoms with Crippen molar-refractivity contribution in [2.24, 2.45) is 0 Å². The van der Waals surface area contributed by atoms with Gasteiger partial charge in [-0.05, 0) is 57.2 Å². The quantitative estimate of drug-likeness (QED) is 0.882. The third-order valence-electron chi connectivity index (χ3n) is 4.11. The van der Waals surface area contributed by atoms with Gasteiger partial charge in [0.05, 0.1) is 0 Å². The van der Waals surface area contributed by atoms with Gasteiger partial charge in [0.15, 0.2) is 10.6 Å². The number of aromatic amines is 1. The fourth-order valence-electron chi connectivity index (χ4n) is 2.92. The molecule has 1 saturated heterocycles. The monoisotopic (exact) mass is 303 g/mol. The van der Waals surface area contributed by atoms with Crippen molar-refractivity contribution in [1.29, 1.82) is 0 Å². The van der Waals surface area contributed by atoms with Crippen LogP contribution < -0.4 is 0 Å². The Labute approximate surface area is 130 Å². The first kappa shape index (κ1) is 14.4. The SMILES string of the molecule is CC(Cn1c(-c2ccccn2)n[nH]c1=S)N1CCCCC1. The number of hydrogen-bond donors (Lipinski definition) is 1. The third-order valence-corrected chi connectivity index (χ3v) is 4.42. The van der Waals surface area contributed by atoms with Crippen LogP contribution >= 0.6 is 12.2 Å². The van der Waals surface area contributed by atoms with Crippen LogP contribution in [0.3, 0.4) is 0 Å². The third kappa shape index (κ3) is 3.22. The number of hydrogen-bond acceptors (Lipinski definition) is 4. The second-order valence-electron chi connectivity index (χ2n) is 5.62. The summed E-state index contributed by atoms with van der Waals surface area (Å²) in [5.41, 5.74) is 0.857. The first-order valence-corrected chi connectivity index (χ1v) is 7.97. The highest BCUT2D eigenvalue weighted by Crippen LogP contribution is 2.17. The second kappa shape index (κ2) is 6.49. The largest absolute Gasteiger partial charge is 0.299 e. The van der Waals surface area contributed by atoms with Gasteiger partial charge in [0.1, 0.15) is 5.69 Å². The van der Waals surface area contributed by atoms with E-state index in [1.165, 1.54) is 32.4 Å². The van der Waals surface area contributed by atoms with Gasteiger partial charge in [-0.1, -0.05) is 12.5 Å². The molecule has 3 rings (SSSR count). The van der Waals surface area contributed by atoms with Crippen LogP contribution in [0.5, 0.6) is 0 Å². The molecule has 3 heterocycles. The van der Waals surface area contributed by atoms with Gasteiger partial charge in [0.2, 0.25) is 0 Å². The van der Waals surface area contributed by atoms with Crippen LogP contribution in [0.2, 0.25) is 0 Å². The molecule has 1 atom stereocenters. The highest BCUT2D eigenvalue weighted by Gasteiger charge is 2.19. The van der Waals surface area contributed by atoms with Crippen LogP contribution in [0.4, 0.5) is 0 Å². The van der Waals surface area contributed by atoms with E-state index in [0.29, 0.717) is 10.8 Å². The van der Waals surface area contributed by atoms with Crippen molar-refractivity contribution >= 4 is 12.2 Å². The molecule has 2 aromatic rings. The van der Waals surface area contributed by atoms with Crippen LogP contribution in [0.15, 0.2) is 24.4 Å². The first-order chi connectivity index (χ1) is 10.3. The zero-order chi connectivity index (χ0) is 14.7. The Morgan fingerprint density at radius 3 is 2.81 bits per heavy atom. The van der Waals surface area contributed by atoms with E-state index >= 15 is 0 Å². The van der Waals surface area contributed by atoms with Crippen molar-refractivity contribution in [1.82, 2.24) is 24.6 Å². The summed E-state index contributed by atoms with van der Waals surface area (Å²) in [6, 6.07) is 6.30. The molecule has 112 valence electrons. The molecule has 1 aliphatic rings. The molecule has 21 heavy (non-hydrogen) atoms. The molecule has 0 spiro atoms. The molecule has 0 aromatic carbocycles. The molecule has 1 N–H and O–H groups in total. The molecule has 0 radical (unpaired) electrons. The minimum atomic E-state index is 0.456. The maximum Gasteiger partial charge on any atom is 0.195 e. The van der Waals surface area contributed by atoms with Crippen LogP contribution in [0.25, 0.3) is 11.5 Å². The predicted octanol–water partition coefficient (Wildman–Crippen LogP) is 2.88. The lowest BCUT2D eigenvalue weighted by Crippen LogP contribution is -2.39. The lowest BCUT2D eigenvalue weighted by molar-refractivity contribution is 0.159. The summed E-state index contributed by atoms with van der Waals surface area (Å²) in [4.78, 5) is 6.92. The Morgan fingerprint density at radius 2 is 2.10 bits per heavy atom. The summed E-state index contributed by atoms with van der Waals surface area (Å²) in [5, 5.41) is 7.25. The zero-order valence-corrected chi connectivity index (χ0v) is 13.1. The number of pyridine rings is 1. The number of H-pyrrole nitrogens is 1. The highest BCUT2D eigenvalue weighted by atomic mass is 32.1. The Bertz CT molecular complexity index is 627. The Morgan fingerprint density at radius 1 is 1.29 bits per heavy atom. The Kier molecular flexibility index (Phi) is 4.45. The molecule has 1 fully saturated rings. The molecule has 1 aliphatic heterocycles. The topological polar surface area (TPSA) is 49.7 Å². The zero-order valence-electron chi connectivity index (χ0n) is 12.3. The molecule has 5 nitrogen and oxygen atoms in total. The molecule has 0 bridgehead atoms. The summed E-state index contributed by atoms with van der Waals surface area (Å²) >= 11 is 5.39. The van der Waals surface area contributed by atoms with E-state index in [0.717, 1.165) is 18.1 Å². The van der Waals surface area contributed by atoms with Crippen LogP contribution in [-0.2, 0) is 6.54 Å². The van der Waals surface area contributed by atoms with Crippen LogP contribution in [0.1, 0.15) is 26.2 Å². The van der Waals surface area contributed by atoms with E-state index in [1.807, 2.05) is 18.2 Å². The van der Waals surface area contributed by atoms with Gasteiger partial charge in [0.25, 0.3) is 0 Å². The average Bonchev–Trinajstić information content (AvgIpc) is 2.90. The number of piperidine rings is 1. The molecule has 2 aromatic heterocycles. The number of nitrogens with zero attached hydrogens (tertiary/aromatic N) is 4. The van der Waals surface area contributed by atoms with Gasteiger partial charge in [-0.2, -0.15) is 5.10 Å². The van der Waals surface area contributed by atoms with Gasteiger partial charge < -0.3 is 0 Å². The van der Waals surface area contributed by atoms with Crippen molar-refractivity contribution in [2.45, 2.75) is 38.8 Å². The van der Waals surface area contributed by atoms with Crippen molar-refractivity contribution in [3.05, 3.63) is 29.2 Å². The van der Waals surface area contributed by atoms with E-state index in [9.17, 15) is 0 Å². The van der Waals surface area contributed by atoms with E-state index in [2.05, 4.69) is 31.6 Å². The number of likely N-dealkylation sites (tertiary alicyclic amines) is 1. The summed E-state index contributed by atoms with van der Waals surface area (Å²) in [7, 11) is 0. The van der Waals surface area contributed by atoms with Gasteiger partial charge >= 0.3 is 0 Å². The minimum absolute atomic E-state index is 0.456. The summed E-state index contributed by atoms with van der Waals surface area (Å²) in [6.45, 7) is 5.49. The lowest BCUT2D eigenvalue weighted by atomic mass is 10.1. The van der Waals surface area contributed by atoms with Gasteiger partial charge in [-0.25, -0.2) is 0 Å². The summed E-state index contributed by atoms with van der Waals surface area (Å²) in [6.07, 6.45) is 5.74. The fourth-order valence-corrected chi connectivity index (χ4v) is 3.12. The van der Waals surface area contributed by atoms with Gasteiger partial charge in [-0.15, -0.1) is 0 Å². The van der Waals surface area contributed by atoms with Crippen molar-refractivity contribution in [3.8, 4) is 11.5 Å². The number of nitrogens with one attached hydrogen (secondary N) is 1. The maximum atomic E-state index is 5.39. The van der Waals surface area contributed by atoms with Crippen molar-refractivity contribution in [3.63, 3.8) is 0 Å². The molecular formula is C15H21N5S. The predicted molar refractivity (Wildman–Crippen MR) is 85.5 cm³/mol. The Hall–Kier alpha value is -1.53. The van der Waals surface area contributed by atoms with Crippen molar-refractivity contribution in [2.75, 3.05) is 13.1 Å².